The third-order valence-electron chi connectivity index (χ3n) is 5.02. The molecule has 1 heterocycles. The number of amides is 2. The Labute approximate surface area is 182 Å². The predicted octanol–water partition coefficient (Wildman–Crippen LogP) is 5.62. The Hall–Kier alpha value is -1.98. The number of anilines is 2. The van der Waals surface area contributed by atoms with Gasteiger partial charge in [-0.2, -0.15) is 0 Å². The first-order valence-corrected chi connectivity index (χ1v) is 11.4. The number of carbonyl (C=O) groups excluding carboxylic acids is 2. The Morgan fingerprint density at radius 2 is 2.00 bits per heavy atom. The average Bonchev–Trinajstić information content (AvgIpc) is 3.10. The first-order chi connectivity index (χ1) is 13.9. The average molecular weight is 431 g/mol. The van der Waals surface area contributed by atoms with Gasteiger partial charge in [-0.15, -0.1) is 23.4 Å². The van der Waals surface area contributed by atoms with E-state index in [4.69, 9.17) is 11.6 Å². The van der Waals surface area contributed by atoms with Gasteiger partial charge in [-0.25, -0.2) is 0 Å². The molecule has 0 saturated carbocycles. The lowest BCUT2D eigenvalue weighted by molar-refractivity contribution is -0.123. The van der Waals surface area contributed by atoms with Crippen LogP contribution in [0.1, 0.15) is 43.7 Å². The minimum atomic E-state index is -0.652. The van der Waals surface area contributed by atoms with Gasteiger partial charge in [0.05, 0.1) is 11.2 Å². The molecule has 2 amide bonds. The van der Waals surface area contributed by atoms with Crippen molar-refractivity contribution in [3.8, 4) is 0 Å². The summed E-state index contributed by atoms with van der Waals surface area (Å²) in [4.78, 5) is 27.2. The van der Waals surface area contributed by atoms with E-state index < -0.39 is 5.41 Å². The molecule has 0 spiro atoms. The fourth-order valence-electron chi connectivity index (χ4n) is 3.29. The van der Waals surface area contributed by atoms with Gasteiger partial charge in [0.2, 0.25) is 11.8 Å². The maximum atomic E-state index is 12.8. The number of benzene rings is 2. The molecule has 1 atom stereocenters. The second kappa shape index (κ2) is 9.23. The molecule has 3 rings (SSSR count). The molecule has 0 aromatic heterocycles. The number of hydrogen-bond donors (Lipinski definition) is 1. The highest BCUT2D eigenvalue weighted by Crippen LogP contribution is 2.43. The van der Waals surface area contributed by atoms with Crippen molar-refractivity contribution in [2.24, 2.45) is 5.41 Å². The molecule has 0 unspecified atom stereocenters. The number of nitrogens with zero attached hydrogens (tertiary/aromatic N) is 1. The molecule has 4 nitrogen and oxygen atoms in total. The van der Waals surface area contributed by atoms with E-state index in [9.17, 15) is 9.59 Å². The Balaban J connectivity index is 1.90. The van der Waals surface area contributed by atoms with E-state index in [2.05, 4.69) is 18.3 Å². The molecule has 2 aromatic carbocycles. The van der Waals surface area contributed by atoms with E-state index in [-0.39, 0.29) is 23.1 Å². The Morgan fingerprint density at radius 1 is 1.24 bits per heavy atom. The van der Waals surface area contributed by atoms with E-state index in [1.807, 2.05) is 61.2 Å². The number of hydrogen-bond acceptors (Lipinski definition) is 3. The van der Waals surface area contributed by atoms with E-state index in [1.165, 1.54) is 5.56 Å². The molecule has 0 aliphatic carbocycles. The second-order valence-corrected chi connectivity index (χ2v) is 9.24. The monoisotopic (exact) mass is 430 g/mol. The summed E-state index contributed by atoms with van der Waals surface area (Å²) in [6, 6.07) is 15.9. The number of para-hydroxylation sites is 1. The van der Waals surface area contributed by atoms with E-state index in [1.54, 1.807) is 11.8 Å². The molecule has 0 bridgehead atoms. The molecule has 1 aliphatic heterocycles. The van der Waals surface area contributed by atoms with Crippen LogP contribution in [0.4, 0.5) is 11.4 Å². The van der Waals surface area contributed by atoms with Crippen molar-refractivity contribution in [3.05, 3.63) is 59.7 Å². The van der Waals surface area contributed by atoms with E-state index >= 15 is 0 Å². The largest absolute Gasteiger partial charge is 0.326 e. The summed E-state index contributed by atoms with van der Waals surface area (Å²) in [6.45, 7) is 5.78. The number of alkyl halides is 1. The molecule has 0 radical (unpaired) electrons. The van der Waals surface area contributed by atoms with Crippen molar-refractivity contribution in [1.82, 2.24) is 0 Å². The van der Waals surface area contributed by atoms with Crippen LogP contribution in [0, 0.1) is 5.41 Å². The highest BCUT2D eigenvalue weighted by molar-refractivity contribution is 8.00. The van der Waals surface area contributed by atoms with Gasteiger partial charge < -0.3 is 5.32 Å². The van der Waals surface area contributed by atoms with Crippen LogP contribution in [0.3, 0.4) is 0 Å². The Morgan fingerprint density at radius 3 is 2.72 bits per heavy atom. The highest BCUT2D eigenvalue weighted by atomic mass is 35.5. The highest BCUT2D eigenvalue weighted by Gasteiger charge is 2.35. The lowest BCUT2D eigenvalue weighted by Crippen LogP contribution is -2.32. The fraction of sp³-hybridized carbons (Fsp3) is 0.391. The fourth-order valence-corrected chi connectivity index (χ4v) is 4.57. The van der Waals surface area contributed by atoms with Gasteiger partial charge in [-0.05, 0) is 49.6 Å². The standard InChI is InChI=1S/C23H27ClN2O2S/c1-4-8-16-9-5-6-12-19(16)26-20(27)14-29-21(26)17-10-7-11-18(13-17)25-22(28)23(2,3)15-24/h5-7,9-13,21H,4,8,14-15H2,1-3H3,(H,25,28)/t21-/m0/s1. The zero-order chi connectivity index (χ0) is 21.0. The smallest absolute Gasteiger partial charge is 0.238 e. The Bertz CT molecular complexity index is 900. The molecule has 29 heavy (non-hydrogen) atoms. The van der Waals surface area contributed by atoms with Gasteiger partial charge in [0.25, 0.3) is 0 Å². The van der Waals surface area contributed by atoms with E-state index in [0.717, 1.165) is 24.1 Å². The van der Waals surface area contributed by atoms with Crippen LogP contribution in [0.15, 0.2) is 48.5 Å². The van der Waals surface area contributed by atoms with Crippen LogP contribution in [-0.2, 0) is 16.0 Å². The maximum absolute atomic E-state index is 12.8. The van der Waals surface area contributed by atoms with Gasteiger partial charge in [0.15, 0.2) is 0 Å². The summed E-state index contributed by atoms with van der Waals surface area (Å²) < 4.78 is 0. The Kier molecular flexibility index (Phi) is 6.91. The van der Waals surface area contributed by atoms with Gasteiger partial charge in [-0.3, -0.25) is 14.5 Å². The molecule has 2 aromatic rings. The van der Waals surface area contributed by atoms with Crippen molar-refractivity contribution in [2.45, 2.75) is 39.0 Å². The third-order valence-corrected chi connectivity index (χ3v) is 6.90. The SMILES string of the molecule is CCCc1ccccc1N1C(=O)CS[C@H]1c1cccc(NC(=O)C(C)(C)CCl)c1. The number of nitrogens with one attached hydrogen (secondary N) is 1. The quantitative estimate of drug-likeness (QED) is 0.580. The van der Waals surface area contributed by atoms with Gasteiger partial charge in [0, 0.05) is 17.3 Å². The molecule has 6 heteroatoms. The van der Waals surface area contributed by atoms with Crippen molar-refractivity contribution in [3.63, 3.8) is 0 Å². The van der Waals surface area contributed by atoms with Crippen LogP contribution in [0.2, 0.25) is 0 Å². The van der Waals surface area contributed by atoms with Crippen LogP contribution < -0.4 is 10.2 Å². The maximum Gasteiger partial charge on any atom is 0.238 e. The van der Waals surface area contributed by atoms with Crippen LogP contribution in [-0.4, -0.2) is 23.4 Å². The molecule has 1 aliphatic rings. The van der Waals surface area contributed by atoms with Crippen molar-refractivity contribution in [2.75, 3.05) is 21.8 Å². The molecule has 154 valence electrons. The lowest BCUT2D eigenvalue weighted by Gasteiger charge is -2.27. The van der Waals surface area contributed by atoms with Gasteiger partial charge in [0.1, 0.15) is 5.37 Å². The first kappa shape index (κ1) is 21.7. The van der Waals surface area contributed by atoms with Crippen LogP contribution in [0.5, 0.6) is 0 Å². The molecular weight excluding hydrogens is 404 g/mol. The number of rotatable bonds is 7. The first-order valence-electron chi connectivity index (χ1n) is 9.86. The predicted molar refractivity (Wildman–Crippen MR) is 123 cm³/mol. The lowest BCUT2D eigenvalue weighted by atomic mass is 9.95. The van der Waals surface area contributed by atoms with Crippen molar-refractivity contribution in [1.29, 1.82) is 0 Å². The summed E-state index contributed by atoms with van der Waals surface area (Å²) in [7, 11) is 0. The number of carbonyl (C=O) groups is 2. The summed E-state index contributed by atoms with van der Waals surface area (Å²) in [5.74, 6) is 0.681. The van der Waals surface area contributed by atoms with E-state index in [0.29, 0.717) is 11.4 Å². The van der Waals surface area contributed by atoms with Crippen LogP contribution in [0.25, 0.3) is 0 Å². The van der Waals surface area contributed by atoms with Gasteiger partial charge in [-0.1, -0.05) is 43.7 Å². The van der Waals surface area contributed by atoms with Crippen LogP contribution >= 0.6 is 23.4 Å². The summed E-state index contributed by atoms with van der Waals surface area (Å²) >= 11 is 7.54. The number of aryl methyl sites for hydroxylation is 1. The zero-order valence-corrected chi connectivity index (χ0v) is 18.6. The molecular formula is C23H27ClN2O2S. The van der Waals surface area contributed by atoms with Gasteiger partial charge >= 0.3 is 0 Å². The molecule has 1 N–H and O–H groups in total. The summed E-state index contributed by atoms with van der Waals surface area (Å²) in [6.07, 6.45) is 1.95. The molecule has 1 saturated heterocycles. The van der Waals surface area contributed by atoms with Crippen molar-refractivity contribution < 1.29 is 9.59 Å². The minimum Gasteiger partial charge on any atom is -0.326 e. The topological polar surface area (TPSA) is 49.4 Å². The second-order valence-electron chi connectivity index (χ2n) is 7.90. The number of halogens is 1. The summed E-state index contributed by atoms with van der Waals surface area (Å²) in [5.41, 5.74) is 3.22. The third kappa shape index (κ3) is 4.78. The number of thioether (sulfide) groups is 1. The summed E-state index contributed by atoms with van der Waals surface area (Å²) in [5, 5.41) is 2.85. The normalized spacial score (nSPS) is 16.9. The minimum absolute atomic E-state index is 0.112. The molecule has 1 fully saturated rings. The zero-order valence-electron chi connectivity index (χ0n) is 17.1. The van der Waals surface area contributed by atoms with Crippen molar-refractivity contribution >= 4 is 46.6 Å².